The summed E-state index contributed by atoms with van der Waals surface area (Å²) in [6.45, 7) is 6.20. The van der Waals surface area contributed by atoms with Crippen LogP contribution in [0.3, 0.4) is 0 Å². The number of amides is 1. The molecule has 0 aliphatic carbocycles. The highest BCUT2D eigenvalue weighted by Crippen LogP contribution is 2.40. The molecular weight excluding hydrogens is 464 g/mol. The zero-order valence-electron chi connectivity index (χ0n) is 19.5. The van der Waals surface area contributed by atoms with Crippen molar-refractivity contribution in [3.05, 3.63) is 65.4 Å². The van der Waals surface area contributed by atoms with Crippen LogP contribution in [-0.4, -0.2) is 82.3 Å². The minimum absolute atomic E-state index is 0.121. The summed E-state index contributed by atoms with van der Waals surface area (Å²) in [5, 5.41) is 4.84. The van der Waals surface area contributed by atoms with Gasteiger partial charge in [0.15, 0.2) is 5.69 Å². The number of hydrogen-bond donors (Lipinski definition) is 0. The zero-order valence-corrected chi connectivity index (χ0v) is 20.3. The van der Waals surface area contributed by atoms with Crippen molar-refractivity contribution in [2.75, 3.05) is 52.6 Å². The summed E-state index contributed by atoms with van der Waals surface area (Å²) in [7, 11) is -1.25. The van der Waals surface area contributed by atoms with Gasteiger partial charge in [-0.25, -0.2) is 4.68 Å². The number of carbonyl (C=O) groups is 1. The number of carbonyl (C=O) groups excluding carboxylic acids is 1. The summed E-state index contributed by atoms with van der Waals surface area (Å²) >= 11 is 0. The van der Waals surface area contributed by atoms with Crippen LogP contribution in [0.25, 0.3) is 16.9 Å². The van der Waals surface area contributed by atoms with E-state index in [9.17, 15) is 9.00 Å². The first-order chi connectivity index (χ1) is 17.2. The number of rotatable bonds is 4. The van der Waals surface area contributed by atoms with Crippen LogP contribution >= 0.6 is 0 Å². The van der Waals surface area contributed by atoms with E-state index in [0.717, 1.165) is 65.8 Å². The lowest BCUT2D eigenvalue weighted by atomic mass is 10.0. The van der Waals surface area contributed by atoms with Crippen molar-refractivity contribution in [2.24, 2.45) is 0 Å². The van der Waals surface area contributed by atoms with Gasteiger partial charge in [-0.2, -0.15) is 5.10 Å². The van der Waals surface area contributed by atoms with E-state index in [-0.39, 0.29) is 11.7 Å². The van der Waals surface area contributed by atoms with Crippen LogP contribution in [0.1, 0.15) is 21.6 Å². The van der Waals surface area contributed by atoms with Crippen molar-refractivity contribution >= 4 is 16.7 Å². The summed E-state index contributed by atoms with van der Waals surface area (Å²) in [5.74, 6) is 0.160. The molecule has 0 radical (unpaired) electrons. The number of hydrogen-bond acceptors (Lipinski definition) is 6. The lowest BCUT2D eigenvalue weighted by molar-refractivity contribution is 0.0298. The van der Waals surface area contributed by atoms with Crippen LogP contribution in [0.5, 0.6) is 0 Å². The third-order valence-corrected chi connectivity index (χ3v) is 8.21. The third kappa shape index (κ3) is 4.33. The Hall–Kier alpha value is -2.85. The molecule has 8 nitrogen and oxygen atoms in total. The normalized spacial score (nSPS) is 20.3. The van der Waals surface area contributed by atoms with Gasteiger partial charge in [-0.15, -0.1) is 0 Å². The van der Waals surface area contributed by atoms with Crippen LogP contribution < -0.4 is 0 Å². The summed E-state index contributed by atoms with van der Waals surface area (Å²) < 4.78 is 26.1. The molecule has 6 rings (SSSR count). The monoisotopic (exact) mass is 492 g/mol. The highest BCUT2D eigenvalue weighted by atomic mass is 32.2. The summed E-state index contributed by atoms with van der Waals surface area (Å²) in [5.41, 5.74) is 4.95. The third-order valence-electron chi connectivity index (χ3n) is 6.81. The van der Waals surface area contributed by atoms with Gasteiger partial charge in [0.05, 0.1) is 54.4 Å². The first-order valence-electron chi connectivity index (χ1n) is 12.0. The second-order valence-corrected chi connectivity index (χ2v) is 10.5. The van der Waals surface area contributed by atoms with E-state index in [1.165, 1.54) is 0 Å². The maximum Gasteiger partial charge on any atom is 0.274 e. The largest absolute Gasteiger partial charge is 0.379 e. The Kier molecular flexibility index (Phi) is 6.24. The maximum absolute atomic E-state index is 13.5. The van der Waals surface area contributed by atoms with Gasteiger partial charge in [0.25, 0.3) is 5.91 Å². The average molecular weight is 493 g/mol. The predicted molar refractivity (Wildman–Crippen MR) is 132 cm³/mol. The molecule has 3 aromatic rings. The van der Waals surface area contributed by atoms with Crippen molar-refractivity contribution in [1.29, 1.82) is 0 Å². The molecule has 3 aliphatic rings. The zero-order chi connectivity index (χ0) is 23.8. The van der Waals surface area contributed by atoms with Crippen LogP contribution in [0.2, 0.25) is 0 Å². The van der Waals surface area contributed by atoms with Gasteiger partial charge in [-0.05, 0) is 29.8 Å². The Labute approximate surface area is 206 Å². The van der Waals surface area contributed by atoms with Crippen molar-refractivity contribution in [2.45, 2.75) is 17.2 Å². The number of para-hydroxylation sites is 1. The molecule has 0 N–H and O–H groups in total. The molecule has 1 unspecified atom stereocenters. The molecular formula is C26H28N4O4S. The second-order valence-electron chi connectivity index (χ2n) is 9.04. The second kappa shape index (κ2) is 9.66. The fraction of sp³-hybridized carbons (Fsp3) is 0.385. The quantitative estimate of drug-likeness (QED) is 0.557. The topological polar surface area (TPSA) is 76.9 Å². The van der Waals surface area contributed by atoms with Crippen molar-refractivity contribution in [1.82, 2.24) is 19.6 Å². The Morgan fingerprint density at radius 1 is 0.943 bits per heavy atom. The van der Waals surface area contributed by atoms with Gasteiger partial charge in [-0.1, -0.05) is 24.3 Å². The molecule has 1 amide bonds. The van der Waals surface area contributed by atoms with Gasteiger partial charge in [-0.3, -0.25) is 13.9 Å². The van der Waals surface area contributed by atoms with Gasteiger partial charge < -0.3 is 14.4 Å². The Balaban J connectivity index is 1.47. The van der Waals surface area contributed by atoms with E-state index in [0.29, 0.717) is 32.0 Å². The number of aromatic nitrogens is 2. The Bertz CT molecular complexity index is 1260. The van der Waals surface area contributed by atoms with E-state index in [4.69, 9.17) is 14.6 Å². The fourth-order valence-electron chi connectivity index (χ4n) is 4.99. The molecule has 2 aromatic carbocycles. The van der Waals surface area contributed by atoms with E-state index in [1.807, 2.05) is 41.1 Å². The molecule has 1 aromatic heterocycles. The standard InChI is InChI=1S/C26H28N4O4S/c31-26(29-10-14-34-15-11-29)24-22-18-35(32)23-7-6-19(17-28-8-12-33-13-9-28)16-21(23)25(22)30(27-24)20-4-2-1-3-5-20/h1-7,16H,8-15,17-18H2. The number of nitrogens with zero attached hydrogens (tertiary/aromatic N) is 4. The van der Waals surface area contributed by atoms with Crippen molar-refractivity contribution in [3.63, 3.8) is 0 Å². The Morgan fingerprint density at radius 3 is 2.40 bits per heavy atom. The highest BCUT2D eigenvalue weighted by Gasteiger charge is 2.34. The molecule has 1 atom stereocenters. The number of ether oxygens (including phenoxy) is 2. The smallest absolute Gasteiger partial charge is 0.274 e. The van der Waals surface area contributed by atoms with Gasteiger partial charge in [0, 0.05) is 48.7 Å². The minimum Gasteiger partial charge on any atom is -0.379 e. The van der Waals surface area contributed by atoms with Crippen LogP contribution in [0, 0.1) is 0 Å². The van der Waals surface area contributed by atoms with E-state index in [1.54, 1.807) is 4.90 Å². The Morgan fingerprint density at radius 2 is 1.66 bits per heavy atom. The molecule has 0 bridgehead atoms. The highest BCUT2D eigenvalue weighted by molar-refractivity contribution is 7.84. The summed E-state index contributed by atoms with van der Waals surface area (Å²) in [6.07, 6.45) is 0. The van der Waals surface area contributed by atoms with Crippen molar-refractivity contribution in [3.8, 4) is 16.9 Å². The first-order valence-corrected chi connectivity index (χ1v) is 13.4. The van der Waals surface area contributed by atoms with Crippen LogP contribution in [0.4, 0.5) is 0 Å². The molecule has 2 saturated heterocycles. The van der Waals surface area contributed by atoms with E-state index >= 15 is 0 Å². The lowest BCUT2D eigenvalue weighted by Crippen LogP contribution is -2.41. The number of morpholine rings is 2. The van der Waals surface area contributed by atoms with Gasteiger partial charge in [0.1, 0.15) is 0 Å². The van der Waals surface area contributed by atoms with Gasteiger partial charge >= 0.3 is 0 Å². The molecule has 4 heterocycles. The minimum atomic E-state index is -1.25. The van der Waals surface area contributed by atoms with Crippen molar-refractivity contribution < 1.29 is 18.5 Å². The van der Waals surface area contributed by atoms with Crippen LogP contribution in [-0.2, 0) is 32.6 Å². The molecule has 3 aliphatic heterocycles. The predicted octanol–water partition coefficient (Wildman–Crippen LogP) is 2.47. The summed E-state index contributed by atoms with van der Waals surface area (Å²) in [6, 6.07) is 16.0. The lowest BCUT2D eigenvalue weighted by Gasteiger charge is -2.27. The molecule has 2 fully saturated rings. The molecule has 9 heteroatoms. The average Bonchev–Trinajstić information content (AvgIpc) is 3.29. The number of benzene rings is 2. The van der Waals surface area contributed by atoms with E-state index in [2.05, 4.69) is 17.0 Å². The van der Waals surface area contributed by atoms with E-state index < -0.39 is 10.8 Å². The summed E-state index contributed by atoms with van der Waals surface area (Å²) in [4.78, 5) is 18.5. The molecule has 35 heavy (non-hydrogen) atoms. The SMILES string of the molecule is O=C(c1nn(-c2ccccc2)c2c1CS(=O)c1ccc(CN3CCOCC3)cc1-2)N1CCOCC1. The van der Waals surface area contributed by atoms with Gasteiger partial charge in [0.2, 0.25) is 0 Å². The fourth-order valence-corrected chi connectivity index (χ4v) is 6.31. The number of fused-ring (bicyclic) bond motifs is 3. The maximum atomic E-state index is 13.5. The molecule has 0 saturated carbocycles. The molecule has 182 valence electrons. The molecule has 0 spiro atoms. The first kappa shape index (κ1) is 22.6. The van der Waals surface area contributed by atoms with Crippen LogP contribution in [0.15, 0.2) is 53.4 Å².